The molecule has 0 unspecified atom stereocenters. The summed E-state index contributed by atoms with van der Waals surface area (Å²) in [5.74, 6) is 0. The number of rotatable bonds is 3. The first-order valence-electron chi connectivity index (χ1n) is 3.36. The van der Waals surface area contributed by atoms with Crippen molar-refractivity contribution in [3.05, 3.63) is 0 Å². The van der Waals surface area contributed by atoms with Crippen molar-refractivity contribution in [1.29, 1.82) is 0 Å². The smallest absolute Gasteiger partial charge is 0.264 e. The van der Waals surface area contributed by atoms with Gasteiger partial charge in [0.1, 0.15) is 0 Å². The van der Waals surface area contributed by atoms with E-state index in [-0.39, 0.29) is 0 Å². The van der Waals surface area contributed by atoms with Gasteiger partial charge in [0.25, 0.3) is 0 Å². The predicted octanol–water partition coefficient (Wildman–Crippen LogP) is 1.29. The maximum absolute atomic E-state index is 10.4. The summed E-state index contributed by atoms with van der Waals surface area (Å²) in [5, 5.41) is 0. The number of thiol groups is 1. The average molecular weight is 214 g/mol. The summed E-state index contributed by atoms with van der Waals surface area (Å²) in [6, 6.07) is 0. The Kier molecular flexibility index (Phi) is 3.23. The second-order valence-corrected chi connectivity index (χ2v) is 5.72. The first-order valence-corrected chi connectivity index (χ1v) is 5.17. The summed E-state index contributed by atoms with van der Waals surface area (Å²) in [7, 11) is -4.41. The van der Waals surface area contributed by atoms with Gasteiger partial charge in [-0.2, -0.15) is 21.0 Å². The van der Waals surface area contributed by atoms with Gasteiger partial charge in [0, 0.05) is 4.75 Å². The minimum atomic E-state index is -4.41. The van der Waals surface area contributed by atoms with Crippen LogP contribution in [0.1, 0.15) is 27.7 Å². The Hall–Kier alpha value is 0.220. The Morgan fingerprint density at radius 3 is 1.67 bits per heavy atom. The lowest BCUT2D eigenvalue weighted by atomic mass is 9.94. The molecule has 0 spiro atoms. The third kappa shape index (κ3) is 3.75. The zero-order valence-corrected chi connectivity index (χ0v) is 9.24. The second kappa shape index (κ2) is 3.17. The molecule has 0 aromatic heterocycles. The fourth-order valence-corrected chi connectivity index (χ4v) is 1.21. The normalized spacial score (nSPS) is 14.8. The molecule has 0 aliphatic rings. The van der Waals surface area contributed by atoms with Gasteiger partial charge in [-0.15, -0.1) is 0 Å². The molecule has 0 aliphatic carbocycles. The van der Waals surface area contributed by atoms with Crippen LogP contribution in [-0.2, 0) is 14.6 Å². The lowest BCUT2D eigenvalue weighted by molar-refractivity contribution is 0.0706. The van der Waals surface area contributed by atoms with Crippen molar-refractivity contribution in [1.82, 2.24) is 0 Å². The quantitative estimate of drug-likeness (QED) is 0.549. The topological polar surface area (TPSA) is 63.6 Å². The van der Waals surface area contributed by atoms with Crippen molar-refractivity contribution in [2.45, 2.75) is 38.0 Å². The molecule has 0 amide bonds. The van der Waals surface area contributed by atoms with Crippen molar-refractivity contribution in [3.63, 3.8) is 0 Å². The molecule has 4 nitrogen and oxygen atoms in total. The van der Waals surface area contributed by atoms with Crippen molar-refractivity contribution in [2.75, 3.05) is 0 Å². The van der Waals surface area contributed by atoms with Gasteiger partial charge in [-0.25, -0.2) is 4.18 Å². The molecular weight excluding hydrogens is 200 g/mol. The highest BCUT2D eigenvalue weighted by molar-refractivity contribution is 7.82. The first-order chi connectivity index (χ1) is 4.96. The van der Waals surface area contributed by atoms with Crippen LogP contribution in [0.25, 0.3) is 0 Å². The minimum Gasteiger partial charge on any atom is -0.264 e. The van der Waals surface area contributed by atoms with E-state index >= 15 is 0 Å². The molecule has 0 bridgehead atoms. The maximum atomic E-state index is 10.4. The van der Waals surface area contributed by atoms with Gasteiger partial charge in [-0.1, -0.05) is 0 Å². The SMILES string of the molecule is CC(C)(S)C(C)(C)OS(=O)(=O)O. The van der Waals surface area contributed by atoms with Gasteiger partial charge < -0.3 is 0 Å². The predicted molar refractivity (Wildman–Crippen MR) is 49.8 cm³/mol. The van der Waals surface area contributed by atoms with Crippen LogP contribution in [0.3, 0.4) is 0 Å². The van der Waals surface area contributed by atoms with Gasteiger partial charge in [-0.05, 0) is 27.7 Å². The Bertz CT molecular complexity index is 247. The number of hydrogen-bond acceptors (Lipinski definition) is 4. The molecule has 0 saturated carbocycles. The molecule has 0 rings (SSSR count). The lowest BCUT2D eigenvalue weighted by Crippen LogP contribution is -2.44. The van der Waals surface area contributed by atoms with Crippen LogP contribution in [0.4, 0.5) is 0 Å². The van der Waals surface area contributed by atoms with Crippen LogP contribution >= 0.6 is 12.6 Å². The van der Waals surface area contributed by atoms with Gasteiger partial charge in [-0.3, -0.25) is 4.55 Å². The summed E-state index contributed by atoms with van der Waals surface area (Å²) < 4.78 is 33.0. The molecule has 0 aromatic carbocycles. The molecule has 0 fully saturated rings. The van der Waals surface area contributed by atoms with E-state index in [4.69, 9.17) is 4.55 Å². The molecule has 12 heavy (non-hydrogen) atoms. The van der Waals surface area contributed by atoms with Crippen molar-refractivity contribution in [3.8, 4) is 0 Å². The summed E-state index contributed by atoms with van der Waals surface area (Å²) in [6.07, 6.45) is 0. The molecule has 0 saturated heterocycles. The van der Waals surface area contributed by atoms with E-state index < -0.39 is 20.7 Å². The highest BCUT2D eigenvalue weighted by atomic mass is 32.3. The molecule has 1 N–H and O–H groups in total. The van der Waals surface area contributed by atoms with Crippen LogP contribution in [0.5, 0.6) is 0 Å². The monoisotopic (exact) mass is 214 g/mol. The Balaban J connectivity index is 4.67. The van der Waals surface area contributed by atoms with E-state index in [1.807, 2.05) is 0 Å². The molecule has 74 valence electrons. The van der Waals surface area contributed by atoms with Gasteiger partial charge in [0.2, 0.25) is 0 Å². The van der Waals surface area contributed by atoms with Gasteiger partial charge in [0.15, 0.2) is 0 Å². The van der Waals surface area contributed by atoms with E-state index in [1.165, 1.54) is 13.8 Å². The van der Waals surface area contributed by atoms with Crippen LogP contribution in [-0.4, -0.2) is 23.3 Å². The molecular formula is C6H14O4S2. The highest BCUT2D eigenvalue weighted by Gasteiger charge is 2.38. The van der Waals surface area contributed by atoms with Crippen LogP contribution in [0, 0.1) is 0 Å². The summed E-state index contributed by atoms with van der Waals surface area (Å²) >= 11 is 4.15. The van der Waals surface area contributed by atoms with E-state index in [9.17, 15) is 8.42 Å². The fraction of sp³-hybridized carbons (Fsp3) is 1.00. The van der Waals surface area contributed by atoms with Crippen LogP contribution in [0.2, 0.25) is 0 Å². The van der Waals surface area contributed by atoms with Gasteiger partial charge >= 0.3 is 10.4 Å². The highest BCUT2D eigenvalue weighted by Crippen LogP contribution is 2.31. The van der Waals surface area contributed by atoms with E-state index in [1.54, 1.807) is 13.8 Å². The molecule has 6 heteroatoms. The fourth-order valence-electron chi connectivity index (χ4n) is 0.365. The third-order valence-electron chi connectivity index (χ3n) is 1.79. The average Bonchev–Trinajstić information content (AvgIpc) is 1.52. The zero-order valence-electron chi connectivity index (χ0n) is 7.53. The summed E-state index contributed by atoms with van der Waals surface area (Å²) in [6.45, 7) is 6.46. The third-order valence-corrected chi connectivity index (χ3v) is 2.95. The maximum Gasteiger partial charge on any atom is 0.397 e. The Morgan fingerprint density at radius 1 is 1.25 bits per heavy atom. The van der Waals surface area contributed by atoms with E-state index in [0.717, 1.165) is 0 Å². The lowest BCUT2D eigenvalue weighted by Gasteiger charge is -2.35. The van der Waals surface area contributed by atoms with Crippen molar-refractivity contribution in [2.24, 2.45) is 0 Å². The van der Waals surface area contributed by atoms with E-state index in [2.05, 4.69) is 16.8 Å². The summed E-state index contributed by atoms with van der Waals surface area (Å²) in [4.78, 5) is 0. The van der Waals surface area contributed by atoms with Crippen LogP contribution in [0.15, 0.2) is 0 Å². The first kappa shape index (κ1) is 12.2. The molecule has 0 aromatic rings. The molecule has 0 radical (unpaired) electrons. The number of hydrogen-bond donors (Lipinski definition) is 2. The Labute approximate surface area is 78.7 Å². The standard InChI is InChI=1S/C6H14O4S2/c1-5(2,6(3,4)11)10-12(7,8)9/h11H,1-4H3,(H,7,8,9). The summed E-state index contributed by atoms with van der Waals surface area (Å²) in [5.41, 5.74) is -1.05. The Morgan fingerprint density at radius 2 is 1.58 bits per heavy atom. The molecule has 0 atom stereocenters. The molecule has 0 aliphatic heterocycles. The second-order valence-electron chi connectivity index (χ2n) is 3.58. The van der Waals surface area contributed by atoms with Gasteiger partial charge in [0.05, 0.1) is 5.60 Å². The minimum absolute atomic E-state index is 0.664. The van der Waals surface area contributed by atoms with Crippen LogP contribution < -0.4 is 0 Å². The zero-order chi connectivity index (χ0) is 10.2. The van der Waals surface area contributed by atoms with Crippen molar-refractivity contribution < 1.29 is 17.2 Å². The van der Waals surface area contributed by atoms with Crippen molar-refractivity contribution >= 4 is 23.0 Å². The largest absolute Gasteiger partial charge is 0.397 e. The van der Waals surface area contributed by atoms with E-state index in [0.29, 0.717) is 0 Å². The molecule has 0 heterocycles.